The molecule has 4 N–H and O–H groups in total. The van der Waals surface area contributed by atoms with Crippen molar-refractivity contribution in [2.45, 2.75) is 20.0 Å². The molecule has 0 spiro atoms. The van der Waals surface area contributed by atoms with Crippen LogP contribution in [0.25, 0.3) is 0 Å². The van der Waals surface area contributed by atoms with Crippen LogP contribution >= 0.6 is 15.9 Å². The lowest BCUT2D eigenvalue weighted by Crippen LogP contribution is -2.21. The molecule has 0 saturated carbocycles. The Balaban J connectivity index is 2.99. The first-order chi connectivity index (χ1) is 8.43. The third-order valence-corrected chi connectivity index (χ3v) is 2.44. The van der Waals surface area contributed by atoms with Crippen molar-refractivity contribution in [2.75, 3.05) is 5.32 Å². The highest BCUT2D eigenvalue weighted by Crippen LogP contribution is 2.21. The molecule has 18 heavy (non-hydrogen) atoms. The molecule has 0 fully saturated rings. The zero-order valence-corrected chi connectivity index (χ0v) is 11.6. The third kappa shape index (κ3) is 3.92. The van der Waals surface area contributed by atoms with Gasteiger partial charge in [-0.05, 0) is 32.0 Å². The first-order valence-electron chi connectivity index (χ1n) is 5.19. The number of ether oxygens (including phenoxy) is 1. The van der Waals surface area contributed by atoms with Crippen LogP contribution in [0.3, 0.4) is 0 Å². The summed E-state index contributed by atoms with van der Waals surface area (Å²) in [6.45, 7) is 3.48. The molecule has 0 aliphatic rings. The standard InChI is InChI=1S/C11H14BrN3O3/c1-6(2)18-11(16)14-9-5-7(12)3-4-8(9)10(13)15-17/h3-6,17H,1-2H3,(H2,13,15)(H,14,16). The second-order valence-electron chi connectivity index (χ2n) is 3.75. The summed E-state index contributed by atoms with van der Waals surface area (Å²) in [6.07, 6.45) is -0.834. The topological polar surface area (TPSA) is 96.9 Å². The number of carbonyl (C=O) groups excluding carboxylic acids is 1. The summed E-state index contributed by atoms with van der Waals surface area (Å²) in [5, 5.41) is 14.1. The molecule has 7 heteroatoms. The van der Waals surface area contributed by atoms with E-state index in [0.717, 1.165) is 4.47 Å². The zero-order valence-electron chi connectivity index (χ0n) is 9.98. The van der Waals surface area contributed by atoms with Crippen molar-refractivity contribution in [3.8, 4) is 0 Å². The predicted molar refractivity (Wildman–Crippen MR) is 71.9 cm³/mol. The number of nitrogens with one attached hydrogen (secondary N) is 1. The van der Waals surface area contributed by atoms with Gasteiger partial charge >= 0.3 is 6.09 Å². The van der Waals surface area contributed by atoms with E-state index in [4.69, 9.17) is 15.7 Å². The summed E-state index contributed by atoms with van der Waals surface area (Å²) >= 11 is 3.27. The molecule has 1 aromatic carbocycles. The van der Waals surface area contributed by atoms with Gasteiger partial charge in [0.2, 0.25) is 0 Å². The van der Waals surface area contributed by atoms with Crippen LogP contribution in [-0.4, -0.2) is 23.2 Å². The van der Waals surface area contributed by atoms with Gasteiger partial charge in [0.1, 0.15) is 0 Å². The fraction of sp³-hybridized carbons (Fsp3) is 0.273. The van der Waals surface area contributed by atoms with E-state index in [1.165, 1.54) is 0 Å². The fourth-order valence-corrected chi connectivity index (χ4v) is 1.61. The molecule has 1 rings (SSSR count). The van der Waals surface area contributed by atoms with Crippen molar-refractivity contribution in [2.24, 2.45) is 10.9 Å². The van der Waals surface area contributed by atoms with E-state index in [2.05, 4.69) is 26.4 Å². The molecule has 0 unspecified atom stereocenters. The number of benzene rings is 1. The number of nitrogens with zero attached hydrogens (tertiary/aromatic N) is 1. The van der Waals surface area contributed by atoms with E-state index in [0.29, 0.717) is 11.3 Å². The molecule has 0 saturated heterocycles. The Bertz CT molecular complexity index is 475. The number of amidine groups is 1. The van der Waals surface area contributed by atoms with Crippen molar-refractivity contribution in [3.63, 3.8) is 0 Å². The van der Waals surface area contributed by atoms with Gasteiger partial charge in [0, 0.05) is 10.0 Å². The SMILES string of the molecule is CC(C)OC(=O)Nc1cc(Br)ccc1/C(N)=N/O. The second-order valence-corrected chi connectivity index (χ2v) is 4.67. The number of carbonyl (C=O) groups is 1. The first-order valence-corrected chi connectivity index (χ1v) is 5.98. The number of oxime groups is 1. The highest BCUT2D eigenvalue weighted by atomic mass is 79.9. The summed E-state index contributed by atoms with van der Waals surface area (Å²) in [7, 11) is 0. The van der Waals surface area contributed by atoms with E-state index in [-0.39, 0.29) is 11.9 Å². The highest BCUT2D eigenvalue weighted by Gasteiger charge is 2.12. The lowest BCUT2D eigenvalue weighted by atomic mass is 10.1. The molecule has 98 valence electrons. The Labute approximate surface area is 113 Å². The second kappa shape index (κ2) is 6.25. The van der Waals surface area contributed by atoms with Crippen LogP contribution in [0, 0.1) is 0 Å². The summed E-state index contributed by atoms with van der Waals surface area (Å²) in [5.41, 5.74) is 6.31. The summed E-state index contributed by atoms with van der Waals surface area (Å²) in [5.74, 6) is -0.0950. The largest absolute Gasteiger partial charge is 0.447 e. The molecular weight excluding hydrogens is 302 g/mol. The molecule has 6 nitrogen and oxygen atoms in total. The van der Waals surface area contributed by atoms with Gasteiger partial charge < -0.3 is 15.7 Å². The van der Waals surface area contributed by atoms with Crippen molar-refractivity contribution in [1.29, 1.82) is 0 Å². The van der Waals surface area contributed by atoms with Gasteiger partial charge in [0.25, 0.3) is 0 Å². The minimum atomic E-state index is -0.602. The Morgan fingerprint density at radius 3 is 2.78 bits per heavy atom. The molecule has 1 amide bonds. The maximum absolute atomic E-state index is 11.5. The lowest BCUT2D eigenvalue weighted by Gasteiger charge is -2.12. The van der Waals surface area contributed by atoms with Crippen LogP contribution in [0.5, 0.6) is 0 Å². The zero-order chi connectivity index (χ0) is 13.7. The normalized spacial score (nSPS) is 11.4. The molecule has 0 heterocycles. The van der Waals surface area contributed by atoms with Crippen LogP contribution in [0.15, 0.2) is 27.8 Å². The Morgan fingerprint density at radius 1 is 1.56 bits per heavy atom. The predicted octanol–water partition coefficient (Wildman–Crippen LogP) is 2.50. The van der Waals surface area contributed by atoms with Crippen LogP contribution < -0.4 is 11.1 Å². The maximum Gasteiger partial charge on any atom is 0.411 e. The molecule has 0 bridgehead atoms. The van der Waals surface area contributed by atoms with E-state index in [1.54, 1.807) is 32.0 Å². The maximum atomic E-state index is 11.5. The minimum absolute atomic E-state index is 0.0950. The number of halogens is 1. The number of amides is 1. The van der Waals surface area contributed by atoms with Gasteiger partial charge in [-0.1, -0.05) is 21.1 Å². The van der Waals surface area contributed by atoms with E-state index >= 15 is 0 Å². The monoisotopic (exact) mass is 315 g/mol. The van der Waals surface area contributed by atoms with Crippen LogP contribution in [-0.2, 0) is 4.74 Å². The lowest BCUT2D eigenvalue weighted by molar-refractivity contribution is 0.130. The van der Waals surface area contributed by atoms with Crippen LogP contribution in [0.1, 0.15) is 19.4 Å². The van der Waals surface area contributed by atoms with E-state index < -0.39 is 6.09 Å². The van der Waals surface area contributed by atoms with Gasteiger partial charge in [-0.25, -0.2) is 4.79 Å². The fourth-order valence-electron chi connectivity index (χ4n) is 1.25. The van der Waals surface area contributed by atoms with Crippen LogP contribution in [0.4, 0.5) is 10.5 Å². The van der Waals surface area contributed by atoms with Crippen molar-refractivity contribution >= 4 is 33.5 Å². The molecular formula is C11H14BrN3O3. The van der Waals surface area contributed by atoms with Gasteiger partial charge in [-0.15, -0.1) is 0 Å². The number of anilines is 1. The van der Waals surface area contributed by atoms with Gasteiger partial charge in [-0.3, -0.25) is 5.32 Å². The molecule has 0 aromatic heterocycles. The highest BCUT2D eigenvalue weighted by molar-refractivity contribution is 9.10. The van der Waals surface area contributed by atoms with Crippen molar-refractivity contribution in [3.05, 3.63) is 28.2 Å². The Morgan fingerprint density at radius 2 is 2.22 bits per heavy atom. The average molecular weight is 316 g/mol. The van der Waals surface area contributed by atoms with E-state index in [9.17, 15) is 4.79 Å². The van der Waals surface area contributed by atoms with Crippen LogP contribution in [0.2, 0.25) is 0 Å². The number of rotatable bonds is 3. The quantitative estimate of drug-likeness (QED) is 0.345. The smallest absolute Gasteiger partial charge is 0.411 e. The number of hydrogen-bond acceptors (Lipinski definition) is 4. The Kier molecular flexibility index (Phi) is 4.96. The van der Waals surface area contributed by atoms with Crippen molar-refractivity contribution in [1.82, 2.24) is 0 Å². The van der Waals surface area contributed by atoms with Gasteiger partial charge in [0.05, 0.1) is 11.8 Å². The molecule has 1 aromatic rings. The number of hydrogen-bond donors (Lipinski definition) is 3. The third-order valence-electron chi connectivity index (χ3n) is 1.94. The number of nitrogens with two attached hydrogens (primary N) is 1. The molecule has 0 radical (unpaired) electrons. The summed E-state index contributed by atoms with van der Waals surface area (Å²) < 4.78 is 5.70. The van der Waals surface area contributed by atoms with Gasteiger partial charge in [-0.2, -0.15) is 0 Å². The molecule has 0 aliphatic heterocycles. The van der Waals surface area contributed by atoms with Gasteiger partial charge in [0.15, 0.2) is 5.84 Å². The molecule has 0 aliphatic carbocycles. The summed E-state index contributed by atoms with van der Waals surface area (Å²) in [4.78, 5) is 11.5. The first kappa shape index (κ1) is 14.3. The Hall–Kier alpha value is -1.76. The minimum Gasteiger partial charge on any atom is -0.447 e. The van der Waals surface area contributed by atoms with E-state index in [1.807, 2.05) is 0 Å². The summed E-state index contributed by atoms with van der Waals surface area (Å²) in [6, 6.07) is 4.96. The molecule has 0 atom stereocenters. The average Bonchev–Trinajstić information content (AvgIpc) is 2.27. The van der Waals surface area contributed by atoms with Crippen molar-refractivity contribution < 1.29 is 14.7 Å².